The van der Waals surface area contributed by atoms with E-state index in [9.17, 15) is 4.79 Å². The summed E-state index contributed by atoms with van der Waals surface area (Å²) in [5, 5.41) is 9.59. The van der Waals surface area contributed by atoms with E-state index in [4.69, 9.17) is 14.6 Å². The van der Waals surface area contributed by atoms with Crippen LogP contribution >= 0.6 is 11.3 Å². The Morgan fingerprint density at radius 2 is 2.10 bits per heavy atom. The highest BCUT2D eigenvalue weighted by atomic mass is 32.1. The van der Waals surface area contributed by atoms with E-state index >= 15 is 0 Å². The highest BCUT2D eigenvalue weighted by Crippen LogP contribution is 2.32. The average molecular weight is 437 g/mol. The van der Waals surface area contributed by atoms with Crippen LogP contribution in [0.1, 0.15) is 18.1 Å². The van der Waals surface area contributed by atoms with E-state index in [1.54, 1.807) is 7.11 Å². The number of carbonyl (C=O) groups is 1. The third-order valence-corrected chi connectivity index (χ3v) is 5.70. The zero-order chi connectivity index (χ0) is 21.6. The van der Waals surface area contributed by atoms with E-state index in [1.165, 1.54) is 16.9 Å². The molecule has 8 heteroatoms. The van der Waals surface area contributed by atoms with Gasteiger partial charge in [-0.3, -0.25) is 9.79 Å². The van der Waals surface area contributed by atoms with Gasteiger partial charge in [0.2, 0.25) is 4.80 Å². The van der Waals surface area contributed by atoms with E-state index in [0.717, 1.165) is 28.0 Å². The molecule has 2 aromatic carbocycles. The number of benzene rings is 2. The van der Waals surface area contributed by atoms with Gasteiger partial charge < -0.3 is 14.8 Å². The quantitative estimate of drug-likeness (QED) is 0.455. The van der Waals surface area contributed by atoms with Gasteiger partial charge in [-0.05, 0) is 35.7 Å². The number of aromatic nitrogens is 1. The second-order valence-corrected chi connectivity index (χ2v) is 7.81. The van der Waals surface area contributed by atoms with Gasteiger partial charge >= 0.3 is 0 Å². The summed E-state index contributed by atoms with van der Waals surface area (Å²) in [6, 6.07) is 14.0. The Labute approximate surface area is 184 Å². The van der Waals surface area contributed by atoms with Gasteiger partial charge in [0.1, 0.15) is 5.75 Å². The molecule has 2 heterocycles. The highest BCUT2D eigenvalue weighted by molar-refractivity contribution is 7.07. The third-order valence-electron chi connectivity index (χ3n) is 4.85. The molecule has 0 radical (unpaired) electrons. The summed E-state index contributed by atoms with van der Waals surface area (Å²) in [4.78, 5) is 17.1. The topological polar surface area (TPSA) is 77.2 Å². The summed E-state index contributed by atoms with van der Waals surface area (Å²) in [5.74, 6) is 0.501. The van der Waals surface area contributed by atoms with Crippen molar-refractivity contribution >= 4 is 29.1 Å². The van der Waals surface area contributed by atoms with E-state index in [2.05, 4.69) is 41.5 Å². The fourth-order valence-electron chi connectivity index (χ4n) is 3.16. The number of aryl methyl sites for hydroxylation is 1. The maximum Gasteiger partial charge on any atom is 0.262 e. The number of ether oxygens (including phenoxy) is 2. The van der Waals surface area contributed by atoms with Crippen LogP contribution in [0.15, 0.2) is 57.9 Å². The molecule has 1 N–H and O–H groups in total. The van der Waals surface area contributed by atoms with Gasteiger partial charge in [0.05, 0.1) is 30.7 Å². The number of rotatable bonds is 7. The number of methoxy groups -OCH3 is 1. The van der Waals surface area contributed by atoms with Crippen molar-refractivity contribution in [2.24, 2.45) is 10.1 Å². The number of thiazole rings is 1. The van der Waals surface area contributed by atoms with Crippen LogP contribution in [-0.2, 0) is 16.0 Å². The first-order valence-electron chi connectivity index (χ1n) is 10.1. The van der Waals surface area contributed by atoms with E-state index < -0.39 is 0 Å². The van der Waals surface area contributed by atoms with Crippen LogP contribution < -0.4 is 14.9 Å². The smallest absolute Gasteiger partial charge is 0.262 e. The molecule has 160 valence electrons. The number of hydrogen-bond donors (Lipinski definition) is 1. The fraction of sp³-hybridized carbons (Fsp3) is 0.261. The Hall–Kier alpha value is -3.23. The van der Waals surface area contributed by atoms with Crippen molar-refractivity contribution in [3.63, 3.8) is 0 Å². The third kappa shape index (κ3) is 4.92. The lowest BCUT2D eigenvalue weighted by Gasteiger charge is -2.18. The number of nitrogens with one attached hydrogen (secondary N) is 1. The number of hydrogen-bond acceptors (Lipinski definition) is 6. The van der Waals surface area contributed by atoms with Crippen LogP contribution in [-0.4, -0.2) is 43.7 Å². The maximum atomic E-state index is 11.7. The zero-order valence-electron chi connectivity index (χ0n) is 17.5. The largest absolute Gasteiger partial charge is 0.482 e. The minimum Gasteiger partial charge on any atom is -0.482 e. The van der Waals surface area contributed by atoms with Gasteiger partial charge in [0.15, 0.2) is 6.61 Å². The Kier molecular flexibility index (Phi) is 6.59. The summed E-state index contributed by atoms with van der Waals surface area (Å²) >= 11 is 1.51. The van der Waals surface area contributed by atoms with Gasteiger partial charge in [-0.15, -0.1) is 11.3 Å². The number of carbonyl (C=O) groups excluding carboxylic acids is 1. The SMILES string of the molecule is CCc1ccc(C=Nn2c(-c3ccc4c(c3)NC(=O)CO4)csc2=NCCOC)cc1. The molecule has 1 aliphatic heterocycles. The lowest BCUT2D eigenvalue weighted by atomic mass is 10.1. The molecule has 0 fully saturated rings. The van der Waals surface area contributed by atoms with Gasteiger partial charge in [0, 0.05) is 18.1 Å². The molecule has 7 nitrogen and oxygen atoms in total. The van der Waals surface area contributed by atoms with Crippen molar-refractivity contribution in [2.75, 3.05) is 32.2 Å². The molecule has 0 saturated carbocycles. The first-order valence-corrected chi connectivity index (χ1v) is 11.0. The lowest BCUT2D eigenvalue weighted by molar-refractivity contribution is -0.118. The van der Waals surface area contributed by atoms with Crippen molar-refractivity contribution in [2.45, 2.75) is 13.3 Å². The molecular weight excluding hydrogens is 412 g/mol. The molecule has 0 aliphatic carbocycles. The molecule has 4 rings (SSSR count). The standard InChI is InChI=1S/C23H24N4O3S/c1-3-16-4-6-17(7-5-16)13-25-27-20(15-31-23(27)24-10-11-29-2)18-8-9-21-19(12-18)26-22(28)14-30-21/h4-9,12-13,15H,3,10-11,14H2,1-2H3,(H,26,28). The van der Waals surface area contributed by atoms with Crippen LogP contribution in [0.2, 0.25) is 0 Å². The van der Waals surface area contributed by atoms with Crippen molar-refractivity contribution in [1.82, 2.24) is 4.68 Å². The second kappa shape index (κ2) is 9.72. The number of anilines is 1. The van der Waals surface area contributed by atoms with Crippen molar-refractivity contribution in [1.29, 1.82) is 0 Å². The highest BCUT2D eigenvalue weighted by Gasteiger charge is 2.17. The second-order valence-electron chi connectivity index (χ2n) is 6.98. The first kappa shape index (κ1) is 21.0. The van der Waals surface area contributed by atoms with Crippen molar-refractivity contribution in [3.8, 4) is 17.0 Å². The zero-order valence-corrected chi connectivity index (χ0v) is 18.3. The molecule has 1 aliphatic rings. The van der Waals surface area contributed by atoms with E-state index in [-0.39, 0.29) is 12.5 Å². The number of nitrogens with zero attached hydrogens (tertiary/aromatic N) is 3. The minimum atomic E-state index is -0.161. The van der Waals surface area contributed by atoms with Crippen LogP contribution in [0, 0.1) is 0 Å². The number of fused-ring (bicyclic) bond motifs is 1. The van der Waals surface area contributed by atoms with Gasteiger partial charge in [-0.25, -0.2) is 4.68 Å². The lowest BCUT2D eigenvalue weighted by Crippen LogP contribution is -2.25. The van der Waals surface area contributed by atoms with Gasteiger partial charge in [-0.2, -0.15) is 5.10 Å². The minimum absolute atomic E-state index is 0.0362. The van der Waals surface area contributed by atoms with Crippen molar-refractivity contribution in [3.05, 3.63) is 63.8 Å². The Balaban J connectivity index is 1.72. The first-order chi connectivity index (χ1) is 15.2. The van der Waals surface area contributed by atoms with Gasteiger partial charge in [0.25, 0.3) is 5.91 Å². The normalized spacial score (nSPS) is 13.9. The molecule has 0 bridgehead atoms. The number of amides is 1. The van der Waals surface area contributed by atoms with Crippen LogP contribution in [0.4, 0.5) is 5.69 Å². The monoisotopic (exact) mass is 436 g/mol. The van der Waals surface area contributed by atoms with Crippen LogP contribution in [0.3, 0.4) is 0 Å². The summed E-state index contributed by atoms with van der Waals surface area (Å²) in [6.07, 6.45) is 2.83. The average Bonchev–Trinajstić information content (AvgIpc) is 3.20. The summed E-state index contributed by atoms with van der Waals surface area (Å²) in [7, 11) is 1.66. The molecule has 0 spiro atoms. The van der Waals surface area contributed by atoms with E-state index in [0.29, 0.717) is 24.6 Å². The molecule has 31 heavy (non-hydrogen) atoms. The summed E-state index contributed by atoms with van der Waals surface area (Å²) < 4.78 is 12.4. The summed E-state index contributed by atoms with van der Waals surface area (Å²) in [6.45, 7) is 3.26. The van der Waals surface area contributed by atoms with Crippen LogP contribution in [0.25, 0.3) is 11.3 Å². The fourth-order valence-corrected chi connectivity index (χ4v) is 4.02. The molecule has 3 aromatic rings. The summed E-state index contributed by atoms with van der Waals surface area (Å²) in [5.41, 5.74) is 4.74. The van der Waals surface area contributed by atoms with Gasteiger partial charge in [-0.1, -0.05) is 31.2 Å². The predicted molar refractivity (Wildman–Crippen MR) is 123 cm³/mol. The van der Waals surface area contributed by atoms with E-state index in [1.807, 2.05) is 34.5 Å². The predicted octanol–water partition coefficient (Wildman–Crippen LogP) is 3.54. The molecule has 0 atom stereocenters. The van der Waals surface area contributed by atoms with Crippen molar-refractivity contribution < 1.29 is 14.3 Å². The Morgan fingerprint density at radius 3 is 2.87 bits per heavy atom. The Morgan fingerprint density at radius 1 is 1.26 bits per heavy atom. The Bertz CT molecular complexity index is 1160. The molecule has 0 unspecified atom stereocenters. The maximum absolute atomic E-state index is 11.7. The molecular formula is C23H24N4O3S. The molecule has 1 amide bonds. The molecule has 0 saturated heterocycles. The molecule has 1 aromatic heterocycles. The van der Waals surface area contributed by atoms with Crippen LogP contribution in [0.5, 0.6) is 5.75 Å².